The van der Waals surface area contributed by atoms with Gasteiger partial charge in [0.1, 0.15) is 0 Å². The lowest BCUT2D eigenvalue weighted by Crippen LogP contribution is -2.38. The first kappa shape index (κ1) is 16.2. The van der Waals surface area contributed by atoms with E-state index in [4.69, 9.17) is 9.84 Å². The van der Waals surface area contributed by atoms with Crippen molar-refractivity contribution in [2.45, 2.75) is 33.1 Å². The Labute approximate surface area is 138 Å². The van der Waals surface area contributed by atoms with Gasteiger partial charge in [0, 0.05) is 19.6 Å². The van der Waals surface area contributed by atoms with E-state index in [9.17, 15) is 0 Å². The van der Waals surface area contributed by atoms with Gasteiger partial charge in [-0.15, -0.1) is 0 Å². The Kier molecular flexibility index (Phi) is 5.11. The average molecular weight is 311 g/mol. The summed E-state index contributed by atoms with van der Waals surface area (Å²) in [5.41, 5.74) is 6.15. The van der Waals surface area contributed by atoms with Gasteiger partial charge in [-0.2, -0.15) is 0 Å². The van der Waals surface area contributed by atoms with Crippen LogP contribution in [0.15, 0.2) is 42.5 Å². The molecule has 0 amide bonds. The number of nitrogens with zero attached hydrogens (tertiary/aromatic N) is 1. The molecule has 0 saturated carbocycles. The summed E-state index contributed by atoms with van der Waals surface area (Å²) in [6.45, 7) is 7.98. The Bertz CT molecular complexity index is 651. The molecule has 1 aliphatic rings. The van der Waals surface area contributed by atoms with Gasteiger partial charge in [-0.25, -0.2) is 0 Å². The largest absolute Gasteiger partial charge is 0.392 e. The predicted octanol–water partition coefficient (Wildman–Crippen LogP) is 3.37. The van der Waals surface area contributed by atoms with Crippen LogP contribution < -0.4 is 0 Å². The lowest BCUT2D eigenvalue weighted by molar-refractivity contribution is -0.0332. The third-order valence-electron chi connectivity index (χ3n) is 4.53. The number of aliphatic hydroxyl groups excluding tert-OH is 1. The maximum Gasteiger partial charge on any atom is 0.0955 e. The zero-order valence-corrected chi connectivity index (χ0v) is 14.0. The molecular weight excluding hydrogens is 286 g/mol. The quantitative estimate of drug-likeness (QED) is 0.939. The second kappa shape index (κ2) is 7.26. The number of ether oxygens (including phenoxy) is 1. The lowest BCUT2D eigenvalue weighted by atomic mass is 9.99. The smallest absolute Gasteiger partial charge is 0.0955 e. The molecule has 2 aromatic rings. The van der Waals surface area contributed by atoms with Gasteiger partial charge in [-0.05, 0) is 36.1 Å². The van der Waals surface area contributed by atoms with Crippen molar-refractivity contribution in [2.75, 3.05) is 19.7 Å². The molecule has 1 unspecified atom stereocenters. The van der Waals surface area contributed by atoms with E-state index in [-0.39, 0.29) is 12.7 Å². The molecule has 1 aliphatic heterocycles. The molecule has 0 bridgehead atoms. The fourth-order valence-electron chi connectivity index (χ4n) is 3.23. The SMILES string of the molecule is Cc1ccc(C2CN(Cc3ccc(CO)cc3)CCO2)c(C)c1. The molecule has 0 aliphatic carbocycles. The van der Waals surface area contributed by atoms with Crippen LogP contribution in [0.3, 0.4) is 0 Å². The molecule has 1 fully saturated rings. The van der Waals surface area contributed by atoms with Crippen LogP contribution >= 0.6 is 0 Å². The second-order valence-corrected chi connectivity index (χ2v) is 6.43. The number of morpholine rings is 1. The van der Waals surface area contributed by atoms with E-state index in [2.05, 4.69) is 49.1 Å². The van der Waals surface area contributed by atoms with Crippen molar-refractivity contribution < 1.29 is 9.84 Å². The number of aliphatic hydroxyl groups is 1. The van der Waals surface area contributed by atoms with Crippen LogP contribution in [0.5, 0.6) is 0 Å². The Morgan fingerprint density at radius 3 is 2.52 bits per heavy atom. The summed E-state index contributed by atoms with van der Waals surface area (Å²) in [5.74, 6) is 0. The van der Waals surface area contributed by atoms with Crippen LogP contribution in [0, 0.1) is 13.8 Å². The molecule has 122 valence electrons. The summed E-state index contributed by atoms with van der Waals surface area (Å²) in [5, 5.41) is 9.13. The molecule has 3 nitrogen and oxygen atoms in total. The minimum Gasteiger partial charge on any atom is -0.392 e. The lowest BCUT2D eigenvalue weighted by Gasteiger charge is -2.34. The van der Waals surface area contributed by atoms with E-state index in [0.717, 1.165) is 31.8 Å². The highest BCUT2D eigenvalue weighted by molar-refractivity contribution is 5.32. The number of rotatable bonds is 4. The molecule has 23 heavy (non-hydrogen) atoms. The van der Waals surface area contributed by atoms with Crippen LogP contribution in [0.4, 0.5) is 0 Å². The molecule has 2 aromatic carbocycles. The molecule has 0 aromatic heterocycles. The molecular formula is C20H25NO2. The highest BCUT2D eigenvalue weighted by Gasteiger charge is 2.23. The van der Waals surface area contributed by atoms with Crippen LogP contribution in [0.2, 0.25) is 0 Å². The van der Waals surface area contributed by atoms with Crippen LogP contribution in [0.25, 0.3) is 0 Å². The number of hydrogen-bond donors (Lipinski definition) is 1. The predicted molar refractivity (Wildman–Crippen MR) is 92.3 cm³/mol. The van der Waals surface area contributed by atoms with E-state index in [0.29, 0.717) is 0 Å². The van der Waals surface area contributed by atoms with Gasteiger partial charge in [0.25, 0.3) is 0 Å². The third kappa shape index (κ3) is 3.99. The third-order valence-corrected chi connectivity index (χ3v) is 4.53. The van der Waals surface area contributed by atoms with Crippen LogP contribution in [-0.2, 0) is 17.9 Å². The summed E-state index contributed by atoms with van der Waals surface area (Å²) in [4.78, 5) is 2.45. The normalized spacial score (nSPS) is 19.0. The van der Waals surface area contributed by atoms with Crippen molar-refractivity contribution in [1.82, 2.24) is 4.90 Å². The summed E-state index contributed by atoms with van der Waals surface area (Å²) in [6, 6.07) is 14.8. The molecule has 1 N–H and O–H groups in total. The van der Waals surface area contributed by atoms with Crippen molar-refractivity contribution in [2.24, 2.45) is 0 Å². The van der Waals surface area contributed by atoms with Crippen LogP contribution in [-0.4, -0.2) is 29.7 Å². The van der Waals surface area contributed by atoms with E-state index in [1.165, 1.54) is 22.3 Å². The summed E-state index contributed by atoms with van der Waals surface area (Å²) in [6.07, 6.45) is 0.154. The molecule has 0 radical (unpaired) electrons. The summed E-state index contributed by atoms with van der Waals surface area (Å²) >= 11 is 0. The van der Waals surface area contributed by atoms with Gasteiger partial charge < -0.3 is 9.84 Å². The monoisotopic (exact) mass is 311 g/mol. The molecule has 0 spiro atoms. The van der Waals surface area contributed by atoms with Gasteiger partial charge in [0.05, 0.1) is 19.3 Å². The van der Waals surface area contributed by atoms with Gasteiger partial charge in [-0.1, -0.05) is 48.0 Å². The van der Waals surface area contributed by atoms with Gasteiger partial charge >= 0.3 is 0 Å². The van der Waals surface area contributed by atoms with Crippen molar-refractivity contribution in [3.05, 3.63) is 70.3 Å². The maximum atomic E-state index is 9.13. The van der Waals surface area contributed by atoms with Crippen molar-refractivity contribution in [1.29, 1.82) is 0 Å². The fraction of sp³-hybridized carbons (Fsp3) is 0.400. The molecule has 1 heterocycles. The van der Waals surface area contributed by atoms with E-state index in [1.54, 1.807) is 0 Å². The Morgan fingerprint density at radius 2 is 1.83 bits per heavy atom. The molecule has 3 rings (SSSR count). The van der Waals surface area contributed by atoms with Gasteiger partial charge in [-0.3, -0.25) is 4.90 Å². The number of hydrogen-bond acceptors (Lipinski definition) is 3. The Hall–Kier alpha value is -1.68. The van der Waals surface area contributed by atoms with Crippen molar-refractivity contribution in [3.63, 3.8) is 0 Å². The van der Waals surface area contributed by atoms with Crippen molar-refractivity contribution in [3.8, 4) is 0 Å². The number of benzene rings is 2. The summed E-state index contributed by atoms with van der Waals surface area (Å²) in [7, 11) is 0. The Balaban J connectivity index is 1.67. The zero-order chi connectivity index (χ0) is 16.2. The second-order valence-electron chi connectivity index (χ2n) is 6.43. The Morgan fingerprint density at radius 1 is 1.09 bits per heavy atom. The van der Waals surface area contributed by atoms with E-state index >= 15 is 0 Å². The van der Waals surface area contributed by atoms with E-state index in [1.807, 2.05) is 12.1 Å². The molecule has 1 saturated heterocycles. The fourth-order valence-corrected chi connectivity index (χ4v) is 3.23. The first-order valence-electron chi connectivity index (χ1n) is 8.25. The standard InChI is InChI=1S/C20H25NO2/c1-15-3-8-19(16(2)11-15)20-13-21(9-10-23-20)12-17-4-6-18(14-22)7-5-17/h3-8,11,20,22H,9-10,12-14H2,1-2H3. The minimum atomic E-state index is 0.104. The first-order valence-corrected chi connectivity index (χ1v) is 8.25. The van der Waals surface area contributed by atoms with Gasteiger partial charge in [0.2, 0.25) is 0 Å². The average Bonchev–Trinajstić information content (AvgIpc) is 2.56. The van der Waals surface area contributed by atoms with Gasteiger partial charge in [0.15, 0.2) is 0 Å². The molecule has 1 atom stereocenters. The number of aryl methyl sites for hydroxylation is 2. The first-order chi connectivity index (χ1) is 11.2. The highest BCUT2D eigenvalue weighted by atomic mass is 16.5. The highest BCUT2D eigenvalue weighted by Crippen LogP contribution is 2.26. The van der Waals surface area contributed by atoms with Crippen LogP contribution in [0.1, 0.15) is 33.9 Å². The maximum absolute atomic E-state index is 9.13. The minimum absolute atomic E-state index is 0.104. The zero-order valence-electron chi connectivity index (χ0n) is 14.0. The van der Waals surface area contributed by atoms with E-state index < -0.39 is 0 Å². The topological polar surface area (TPSA) is 32.7 Å². The summed E-state index contributed by atoms with van der Waals surface area (Å²) < 4.78 is 6.01. The van der Waals surface area contributed by atoms with Crippen molar-refractivity contribution >= 4 is 0 Å². The molecule has 3 heteroatoms.